The van der Waals surface area contributed by atoms with Crippen LogP contribution in [0.25, 0.3) is 0 Å². The number of fused-ring (bicyclic) bond motifs is 5. The van der Waals surface area contributed by atoms with E-state index in [1.165, 1.54) is 5.57 Å². The summed E-state index contributed by atoms with van der Waals surface area (Å²) in [6, 6.07) is -1.64. The summed E-state index contributed by atoms with van der Waals surface area (Å²) < 4.78 is 68.2. The van der Waals surface area contributed by atoms with Crippen LogP contribution in [-0.4, -0.2) is 264 Å². The number of allylic oxidation sites excluding steroid dienone is 6. The van der Waals surface area contributed by atoms with E-state index < -0.39 is 203 Å². The fourth-order valence-electron chi connectivity index (χ4n) is 15.6. The van der Waals surface area contributed by atoms with Gasteiger partial charge in [0.2, 0.25) is 23.8 Å². The van der Waals surface area contributed by atoms with E-state index in [4.69, 9.17) is 52.1 Å². The number of hydrogen-bond acceptors (Lipinski definition) is 27. The number of carbonyl (C=O) groups is 3. The SMILES string of the molecule is CC(=O)N[C@H]1[C@H](O[C@H]2[C@H](O[C@H]3CC[C@]4(C)C5=CC[C@@]6(C)C(=C(CC[C@H]4C3(C)C)O5)CC[C@@H]6[C@H](C)CC(=O)C=C(C)C)OC[C@@H](O[C@@H]3O[C@H](CO)[C@H](O)[C@H](O)[C@]3(O)NC(C)=O)[C@@H]2O)O[C@H](CO[C@@H]2OC[C@@H](O)[C@H](O)[C@H]2O[C@@H]2O[C@H](CO)[C@@H](O)[C@H](O)[C@H]2O)[C@@H](O)[C@@H]1O. The molecular weight excluding hydrogens is 1190 g/mol. The number of amides is 2. The van der Waals surface area contributed by atoms with Crippen LogP contribution in [0.15, 0.2) is 34.8 Å². The van der Waals surface area contributed by atoms with Gasteiger partial charge in [-0.15, -0.1) is 0 Å². The molecule has 2 aliphatic carbocycles. The minimum atomic E-state index is -2.90. The predicted molar refractivity (Wildman–Crippen MR) is 305 cm³/mol. The van der Waals surface area contributed by atoms with Gasteiger partial charge in [0.1, 0.15) is 115 Å². The average Bonchev–Trinajstić information content (AvgIpc) is 1.43. The highest BCUT2D eigenvalue weighted by molar-refractivity contribution is 5.90. The van der Waals surface area contributed by atoms with Crippen LogP contribution in [0.5, 0.6) is 0 Å². The molecular formula is C61H96N2O27. The van der Waals surface area contributed by atoms with Crippen molar-refractivity contribution in [2.75, 3.05) is 33.0 Å². The van der Waals surface area contributed by atoms with Crippen LogP contribution in [0.4, 0.5) is 0 Å². The first kappa shape index (κ1) is 71.0. The Morgan fingerprint density at radius 2 is 1.32 bits per heavy atom. The molecule has 29 nitrogen and oxygen atoms in total. The van der Waals surface area contributed by atoms with Gasteiger partial charge in [-0.05, 0) is 98.7 Å². The third kappa shape index (κ3) is 13.9. The number of ether oxygens (including phenoxy) is 11. The molecule has 90 heavy (non-hydrogen) atoms. The summed E-state index contributed by atoms with van der Waals surface area (Å²) >= 11 is 0. The van der Waals surface area contributed by atoms with Crippen LogP contribution >= 0.6 is 0 Å². The monoisotopic (exact) mass is 1290 g/mol. The van der Waals surface area contributed by atoms with Crippen LogP contribution in [-0.2, 0) is 66.5 Å². The number of aliphatic hydroxyl groups is 13. The largest absolute Gasteiger partial charge is 0.466 e. The average molecular weight is 1290 g/mol. The second-order valence-electron chi connectivity index (χ2n) is 27.4. The van der Waals surface area contributed by atoms with Crippen LogP contribution in [0, 0.1) is 34.0 Å². The van der Waals surface area contributed by atoms with Crippen molar-refractivity contribution in [3.8, 4) is 0 Å². The molecule has 7 heterocycles. The molecule has 0 aromatic carbocycles. The highest BCUT2D eigenvalue weighted by Gasteiger charge is 2.62. The van der Waals surface area contributed by atoms with Crippen molar-refractivity contribution in [2.45, 2.75) is 261 Å². The number of hydrogen-bond donors (Lipinski definition) is 15. The molecule has 2 saturated carbocycles. The summed E-state index contributed by atoms with van der Waals surface area (Å²) in [6.45, 7) is 13.2. The Hall–Kier alpha value is -3.29. The minimum Gasteiger partial charge on any atom is -0.466 e. The Kier molecular flexibility index (Phi) is 22.2. The summed E-state index contributed by atoms with van der Waals surface area (Å²) in [5.74, 6) is 0.615. The standard InChI is InChI=1S/C61H96N2O27/c1-25(2)18-29(68)19-26(3)30-10-11-31-33-12-13-38-58(6,7)39(14-17-60(38,9)40(83-33)15-16-59(30,31)8)88-56-51(45(73)37(24-82-56)87-57-61(79,63-28(5)67)52(78)46(74)35(21-65)86-57)89-53-41(62-27(4)66)47(75)44(72)36(85-53)23-81-55-50(42(70)32(69)22-80-55)90-54-49(77)48(76)43(71)34(20-64)84-54/h15,18,26,30,32,34-39,41-57,64-65,69-79H,10-14,16-17,19-24H2,1-9H3,(H,62,66)(H,63,67)/t26-,30-,32-,34-,35-,36-,37-,38+,39+,41-,42+,43-,44-,45+,46+,47-,48+,49-,50-,51-,52+,53+,54+,55+,56+,57+,59-,60+,61-/m1/s1. The van der Waals surface area contributed by atoms with Crippen molar-refractivity contribution in [3.63, 3.8) is 0 Å². The molecule has 0 radical (unpaired) electrons. The molecule has 512 valence electrons. The van der Waals surface area contributed by atoms with E-state index in [9.17, 15) is 80.8 Å². The molecule has 2 bridgehead atoms. The van der Waals surface area contributed by atoms with Gasteiger partial charge in [-0.3, -0.25) is 14.4 Å². The van der Waals surface area contributed by atoms with Gasteiger partial charge in [0, 0.05) is 32.1 Å². The Bertz CT molecular complexity index is 2620. The molecule has 8 fully saturated rings. The Balaban J connectivity index is 0.993. The lowest BCUT2D eigenvalue weighted by atomic mass is 9.53. The third-order valence-electron chi connectivity index (χ3n) is 20.5. The van der Waals surface area contributed by atoms with Crippen LogP contribution in [0.3, 0.4) is 0 Å². The zero-order chi connectivity index (χ0) is 65.9. The first-order valence-corrected chi connectivity index (χ1v) is 31.3. The molecule has 6 saturated heterocycles. The molecule has 15 N–H and O–H groups in total. The van der Waals surface area contributed by atoms with Gasteiger partial charge in [0.15, 0.2) is 30.9 Å². The smallest absolute Gasteiger partial charge is 0.219 e. The lowest BCUT2D eigenvalue weighted by Crippen LogP contribution is -2.74. The fraction of sp³-hybridized carbons (Fsp3) is 0.852. The quantitative estimate of drug-likeness (QED) is 0.0456. The van der Waals surface area contributed by atoms with Gasteiger partial charge in [0.05, 0.1) is 39.1 Å². The lowest BCUT2D eigenvalue weighted by molar-refractivity contribution is -0.391. The maximum absolute atomic E-state index is 13.0. The first-order chi connectivity index (χ1) is 42.3. The van der Waals surface area contributed by atoms with Crippen molar-refractivity contribution in [3.05, 3.63) is 34.8 Å². The maximum atomic E-state index is 13.0. The topological polar surface area (TPSA) is 440 Å². The predicted octanol–water partition coefficient (Wildman–Crippen LogP) is -2.87. The van der Waals surface area contributed by atoms with Gasteiger partial charge in [-0.25, -0.2) is 0 Å². The lowest BCUT2D eigenvalue weighted by Gasteiger charge is -2.55. The fourth-order valence-corrected chi connectivity index (χ4v) is 15.6. The van der Waals surface area contributed by atoms with E-state index in [0.717, 1.165) is 50.2 Å². The van der Waals surface area contributed by atoms with Crippen molar-refractivity contribution < 1.29 is 133 Å². The van der Waals surface area contributed by atoms with Crippen molar-refractivity contribution in [1.82, 2.24) is 10.6 Å². The summed E-state index contributed by atoms with van der Waals surface area (Å²) in [4.78, 5) is 38.5. The van der Waals surface area contributed by atoms with Gasteiger partial charge in [-0.2, -0.15) is 0 Å². The minimum absolute atomic E-state index is 0.0849. The number of nitrogens with one attached hydrogen (secondary N) is 2. The Labute approximate surface area is 522 Å². The Morgan fingerprint density at radius 1 is 0.678 bits per heavy atom. The summed E-state index contributed by atoms with van der Waals surface area (Å²) in [5, 5.41) is 148. The molecule has 9 aliphatic rings. The van der Waals surface area contributed by atoms with Gasteiger partial charge < -0.3 is 129 Å². The molecule has 0 spiro atoms. The van der Waals surface area contributed by atoms with E-state index in [0.29, 0.717) is 32.1 Å². The van der Waals surface area contributed by atoms with Crippen molar-refractivity contribution in [2.24, 2.45) is 34.0 Å². The molecule has 0 aromatic heterocycles. The summed E-state index contributed by atoms with van der Waals surface area (Å²) in [6.07, 6.45) is -29.4. The van der Waals surface area contributed by atoms with Crippen LogP contribution in [0.1, 0.15) is 114 Å². The molecule has 0 unspecified atom stereocenters. The highest BCUT2D eigenvalue weighted by atomic mass is 16.8. The second kappa shape index (κ2) is 28.2. The number of aliphatic hydroxyl groups excluding tert-OH is 12. The van der Waals surface area contributed by atoms with E-state index in [1.54, 1.807) is 6.08 Å². The summed E-state index contributed by atoms with van der Waals surface area (Å²) in [5.41, 5.74) is -2.07. The number of carbonyl (C=O) groups excluding carboxylic acids is 3. The molecule has 2 amide bonds. The molecule has 7 aliphatic heterocycles. The van der Waals surface area contributed by atoms with Crippen molar-refractivity contribution in [1.29, 1.82) is 0 Å². The number of ketones is 1. The molecule has 29 heteroatoms. The van der Waals surface area contributed by atoms with Crippen molar-refractivity contribution >= 4 is 17.6 Å². The maximum Gasteiger partial charge on any atom is 0.219 e. The van der Waals surface area contributed by atoms with Gasteiger partial charge in [-0.1, -0.05) is 40.2 Å². The second-order valence-corrected chi connectivity index (χ2v) is 27.4. The third-order valence-corrected chi connectivity index (χ3v) is 20.5. The van der Waals surface area contributed by atoms with E-state index in [1.807, 2.05) is 13.8 Å². The normalized spacial score (nSPS) is 46.4. The summed E-state index contributed by atoms with van der Waals surface area (Å²) in [7, 11) is 0. The molecule has 29 atom stereocenters. The zero-order valence-electron chi connectivity index (χ0n) is 52.4. The van der Waals surface area contributed by atoms with Gasteiger partial charge in [0.25, 0.3) is 0 Å². The van der Waals surface area contributed by atoms with E-state index in [-0.39, 0.29) is 29.0 Å². The number of rotatable bonds is 19. The first-order valence-electron chi connectivity index (χ1n) is 31.3. The van der Waals surface area contributed by atoms with Crippen LogP contribution < -0.4 is 10.6 Å². The van der Waals surface area contributed by atoms with E-state index >= 15 is 0 Å². The molecule has 9 rings (SSSR count). The van der Waals surface area contributed by atoms with E-state index in [2.05, 4.69) is 51.3 Å². The Morgan fingerprint density at radius 3 is 1.99 bits per heavy atom. The molecule has 0 aromatic rings. The zero-order valence-corrected chi connectivity index (χ0v) is 52.4. The van der Waals surface area contributed by atoms with Crippen LogP contribution in [0.2, 0.25) is 0 Å². The van der Waals surface area contributed by atoms with Gasteiger partial charge >= 0.3 is 0 Å². The highest BCUT2D eigenvalue weighted by Crippen LogP contribution is 2.64.